The molecular weight excluding hydrogens is 260 g/mol. The molecule has 0 aliphatic carbocycles. The molecular formula is C13H10F4N2. The highest BCUT2D eigenvalue weighted by Crippen LogP contribution is 2.28. The van der Waals surface area contributed by atoms with Crippen molar-refractivity contribution in [3.8, 4) is 0 Å². The van der Waals surface area contributed by atoms with Crippen LogP contribution in [0.4, 0.5) is 23.4 Å². The van der Waals surface area contributed by atoms with Crippen LogP contribution in [0.25, 0.3) is 0 Å². The first-order valence-electron chi connectivity index (χ1n) is 5.47. The molecule has 0 saturated carbocycles. The van der Waals surface area contributed by atoms with Gasteiger partial charge in [-0.1, -0.05) is 18.2 Å². The number of rotatable bonds is 3. The first-order valence-corrected chi connectivity index (χ1v) is 5.47. The predicted molar refractivity (Wildman–Crippen MR) is 63.0 cm³/mol. The average molecular weight is 270 g/mol. The van der Waals surface area contributed by atoms with Crippen molar-refractivity contribution in [2.75, 3.05) is 5.32 Å². The van der Waals surface area contributed by atoms with Gasteiger partial charge in [-0.05, 0) is 18.2 Å². The summed E-state index contributed by atoms with van der Waals surface area (Å²) in [7, 11) is 0. The Balaban J connectivity index is 2.03. The highest BCUT2D eigenvalue weighted by molar-refractivity contribution is 5.37. The van der Waals surface area contributed by atoms with E-state index < -0.39 is 11.7 Å². The molecule has 0 bridgehead atoms. The smallest absolute Gasteiger partial charge is 0.366 e. The maximum atomic E-state index is 13.3. The molecule has 0 saturated heterocycles. The van der Waals surface area contributed by atoms with E-state index in [1.807, 2.05) is 0 Å². The Bertz CT molecular complexity index is 549. The molecule has 0 amide bonds. The van der Waals surface area contributed by atoms with E-state index in [0.717, 1.165) is 12.3 Å². The van der Waals surface area contributed by atoms with Gasteiger partial charge in [0.1, 0.15) is 11.6 Å². The topological polar surface area (TPSA) is 24.9 Å². The largest absolute Gasteiger partial charge is 0.417 e. The maximum Gasteiger partial charge on any atom is 0.417 e. The Labute approximate surface area is 107 Å². The first kappa shape index (κ1) is 13.3. The van der Waals surface area contributed by atoms with Gasteiger partial charge in [0.2, 0.25) is 0 Å². The number of nitrogens with zero attached hydrogens (tertiary/aromatic N) is 1. The van der Waals surface area contributed by atoms with Crippen LogP contribution in [0.3, 0.4) is 0 Å². The molecule has 1 heterocycles. The standard InChI is InChI=1S/C13H10F4N2/c14-11-4-2-1-3-9(11)7-18-12-6-5-10(8-19-12)13(15,16)17/h1-6,8H,7H2,(H,18,19). The highest BCUT2D eigenvalue weighted by Gasteiger charge is 2.30. The average Bonchev–Trinajstić information content (AvgIpc) is 2.37. The van der Waals surface area contributed by atoms with Crippen molar-refractivity contribution >= 4 is 5.82 Å². The van der Waals surface area contributed by atoms with E-state index in [9.17, 15) is 17.6 Å². The number of hydrogen-bond acceptors (Lipinski definition) is 2. The molecule has 2 nitrogen and oxygen atoms in total. The van der Waals surface area contributed by atoms with E-state index in [1.165, 1.54) is 12.1 Å². The minimum atomic E-state index is -4.41. The third-order valence-corrected chi connectivity index (χ3v) is 2.51. The molecule has 0 aliphatic rings. The second kappa shape index (κ2) is 5.26. The maximum absolute atomic E-state index is 13.3. The van der Waals surface area contributed by atoms with E-state index in [2.05, 4.69) is 10.3 Å². The zero-order valence-corrected chi connectivity index (χ0v) is 9.71. The Hall–Kier alpha value is -2.11. The molecule has 0 unspecified atom stereocenters. The number of nitrogens with one attached hydrogen (secondary N) is 1. The molecule has 0 atom stereocenters. The van der Waals surface area contributed by atoms with Crippen molar-refractivity contribution in [2.24, 2.45) is 0 Å². The summed E-state index contributed by atoms with van der Waals surface area (Å²) in [5, 5.41) is 2.76. The molecule has 1 N–H and O–H groups in total. The van der Waals surface area contributed by atoms with Crippen LogP contribution in [0.1, 0.15) is 11.1 Å². The van der Waals surface area contributed by atoms with Gasteiger partial charge in [-0.3, -0.25) is 0 Å². The van der Waals surface area contributed by atoms with Gasteiger partial charge in [-0.2, -0.15) is 13.2 Å². The first-order chi connectivity index (χ1) is 8.97. The Morgan fingerprint density at radius 1 is 1.05 bits per heavy atom. The van der Waals surface area contributed by atoms with E-state index >= 15 is 0 Å². The lowest BCUT2D eigenvalue weighted by atomic mass is 10.2. The summed E-state index contributed by atoms with van der Waals surface area (Å²) < 4.78 is 50.2. The second-order valence-corrected chi connectivity index (χ2v) is 3.87. The quantitative estimate of drug-likeness (QED) is 0.857. The van der Waals surface area contributed by atoms with Gasteiger partial charge in [-0.15, -0.1) is 0 Å². The monoisotopic (exact) mass is 270 g/mol. The van der Waals surface area contributed by atoms with Gasteiger partial charge >= 0.3 is 6.18 Å². The third-order valence-electron chi connectivity index (χ3n) is 2.51. The molecule has 1 aromatic carbocycles. The molecule has 19 heavy (non-hydrogen) atoms. The van der Waals surface area contributed by atoms with Gasteiger partial charge in [-0.25, -0.2) is 9.37 Å². The molecule has 0 radical (unpaired) electrons. The normalized spacial score (nSPS) is 11.4. The summed E-state index contributed by atoms with van der Waals surface area (Å²) in [6, 6.07) is 8.29. The van der Waals surface area contributed by atoms with E-state index in [1.54, 1.807) is 18.2 Å². The number of halogens is 4. The number of benzene rings is 1. The van der Waals surface area contributed by atoms with Crippen LogP contribution in [0, 0.1) is 5.82 Å². The number of hydrogen-bond donors (Lipinski definition) is 1. The predicted octanol–water partition coefficient (Wildman–Crippen LogP) is 3.85. The number of pyridine rings is 1. The van der Waals surface area contributed by atoms with E-state index in [4.69, 9.17) is 0 Å². The highest BCUT2D eigenvalue weighted by atomic mass is 19.4. The second-order valence-electron chi connectivity index (χ2n) is 3.87. The van der Waals surface area contributed by atoms with Crippen molar-refractivity contribution in [3.63, 3.8) is 0 Å². The summed E-state index contributed by atoms with van der Waals surface area (Å²) in [4.78, 5) is 3.64. The number of aromatic nitrogens is 1. The van der Waals surface area contributed by atoms with E-state index in [0.29, 0.717) is 5.56 Å². The number of anilines is 1. The Morgan fingerprint density at radius 2 is 1.79 bits per heavy atom. The summed E-state index contributed by atoms with van der Waals surface area (Å²) in [5.74, 6) is -0.113. The molecule has 6 heteroatoms. The lowest BCUT2D eigenvalue weighted by Gasteiger charge is -2.09. The van der Waals surface area contributed by atoms with Gasteiger partial charge < -0.3 is 5.32 Å². The van der Waals surface area contributed by atoms with Crippen molar-refractivity contribution in [1.29, 1.82) is 0 Å². The van der Waals surface area contributed by atoms with Crippen molar-refractivity contribution in [1.82, 2.24) is 4.98 Å². The zero-order chi connectivity index (χ0) is 13.9. The van der Waals surface area contributed by atoms with Crippen molar-refractivity contribution in [2.45, 2.75) is 12.7 Å². The summed E-state index contributed by atoms with van der Waals surface area (Å²) >= 11 is 0. The Kier molecular flexibility index (Phi) is 3.69. The van der Waals surface area contributed by atoms with Crippen LogP contribution < -0.4 is 5.32 Å². The third kappa shape index (κ3) is 3.43. The summed E-state index contributed by atoms with van der Waals surface area (Å²) in [6.45, 7) is 0.158. The molecule has 2 rings (SSSR count). The lowest BCUT2D eigenvalue weighted by molar-refractivity contribution is -0.137. The fourth-order valence-electron chi connectivity index (χ4n) is 1.49. The van der Waals surface area contributed by atoms with Crippen LogP contribution in [-0.4, -0.2) is 4.98 Å². The Morgan fingerprint density at radius 3 is 2.37 bits per heavy atom. The molecule has 100 valence electrons. The number of alkyl halides is 3. The summed E-state index contributed by atoms with van der Waals surface area (Å²) in [6.07, 6.45) is -3.67. The van der Waals surface area contributed by atoms with Gasteiger partial charge in [0.15, 0.2) is 0 Å². The lowest BCUT2D eigenvalue weighted by Crippen LogP contribution is -2.07. The fourth-order valence-corrected chi connectivity index (χ4v) is 1.49. The SMILES string of the molecule is Fc1ccccc1CNc1ccc(C(F)(F)F)cn1. The van der Waals surface area contributed by atoms with Gasteiger partial charge in [0.05, 0.1) is 5.56 Å². The minimum absolute atomic E-state index is 0.158. The van der Waals surface area contributed by atoms with Crippen LogP contribution >= 0.6 is 0 Å². The van der Waals surface area contributed by atoms with Crippen molar-refractivity contribution < 1.29 is 17.6 Å². The van der Waals surface area contributed by atoms with Crippen LogP contribution in [0.2, 0.25) is 0 Å². The van der Waals surface area contributed by atoms with E-state index in [-0.39, 0.29) is 18.2 Å². The van der Waals surface area contributed by atoms with Crippen LogP contribution in [0.15, 0.2) is 42.6 Å². The zero-order valence-electron chi connectivity index (χ0n) is 9.71. The molecule has 1 aromatic heterocycles. The summed E-state index contributed by atoms with van der Waals surface area (Å²) in [5.41, 5.74) is -0.395. The van der Waals surface area contributed by atoms with Gasteiger partial charge in [0.25, 0.3) is 0 Å². The van der Waals surface area contributed by atoms with Crippen LogP contribution in [0.5, 0.6) is 0 Å². The fraction of sp³-hybridized carbons (Fsp3) is 0.154. The molecule has 2 aromatic rings. The molecule has 0 fully saturated rings. The molecule has 0 aliphatic heterocycles. The molecule has 0 spiro atoms. The van der Waals surface area contributed by atoms with Gasteiger partial charge in [0, 0.05) is 18.3 Å². The minimum Gasteiger partial charge on any atom is -0.366 e. The van der Waals surface area contributed by atoms with Crippen molar-refractivity contribution in [3.05, 3.63) is 59.5 Å². The van der Waals surface area contributed by atoms with Crippen LogP contribution in [-0.2, 0) is 12.7 Å².